The molecule has 1 amide bonds. The van der Waals surface area contributed by atoms with E-state index in [4.69, 9.17) is 16.6 Å². The van der Waals surface area contributed by atoms with Gasteiger partial charge < -0.3 is 4.90 Å². The quantitative estimate of drug-likeness (QED) is 0.565. The Morgan fingerprint density at radius 3 is 2.50 bits per heavy atom. The lowest BCUT2D eigenvalue weighted by Gasteiger charge is -2.34. The fourth-order valence-corrected chi connectivity index (χ4v) is 4.95. The molecule has 0 aliphatic carbocycles. The van der Waals surface area contributed by atoms with Crippen LogP contribution in [0.5, 0.6) is 0 Å². The van der Waals surface area contributed by atoms with Crippen LogP contribution < -0.4 is 0 Å². The zero-order valence-electron chi connectivity index (χ0n) is 17.9. The Hall–Kier alpha value is -1.96. The van der Waals surface area contributed by atoms with Gasteiger partial charge in [0.05, 0.1) is 21.5 Å². The van der Waals surface area contributed by atoms with Crippen LogP contribution in [0.1, 0.15) is 60.6 Å². The summed E-state index contributed by atoms with van der Waals surface area (Å²) in [6, 6.07) is 6.18. The Kier molecular flexibility index (Phi) is 6.14. The van der Waals surface area contributed by atoms with E-state index in [1.54, 1.807) is 17.5 Å². The van der Waals surface area contributed by atoms with Gasteiger partial charge in [-0.2, -0.15) is 5.10 Å². The molecule has 0 aromatic carbocycles. The summed E-state index contributed by atoms with van der Waals surface area (Å²) in [6.07, 6.45) is 1.79. The molecule has 1 saturated heterocycles. The topological polar surface area (TPSA) is 54.3 Å². The lowest BCUT2D eigenvalue weighted by Crippen LogP contribution is -2.48. The van der Waals surface area contributed by atoms with Crippen LogP contribution in [0.25, 0.3) is 11.0 Å². The molecule has 0 atom stereocenters. The van der Waals surface area contributed by atoms with Crippen molar-refractivity contribution in [3.63, 3.8) is 0 Å². The van der Waals surface area contributed by atoms with Gasteiger partial charge in [-0.1, -0.05) is 25.4 Å². The maximum atomic E-state index is 13.5. The maximum Gasteiger partial charge on any atom is 0.254 e. The number of carbonyl (C=O) groups is 1. The van der Waals surface area contributed by atoms with Gasteiger partial charge in [-0.05, 0) is 38.0 Å². The number of hydrogen-bond acceptors (Lipinski definition) is 5. The highest BCUT2D eigenvalue weighted by molar-refractivity contribution is 7.16. The third kappa shape index (κ3) is 4.24. The lowest BCUT2D eigenvalue weighted by molar-refractivity contribution is 0.0631. The first-order valence-corrected chi connectivity index (χ1v) is 11.7. The number of piperazine rings is 1. The minimum atomic E-state index is 0.0754. The summed E-state index contributed by atoms with van der Waals surface area (Å²) in [5.41, 5.74) is 2.45. The number of hydrogen-bond donors (Lipinski definition) is 0. The summed E-state index contributed by atoms with van der Waals surface area (Å²) in [5, 5.41) is 5.35. The van der Waals surface area contributed by atoms with Gasteiger partial charge in [0.1, 0.15) is 0 Å². The van der Waals surface area contributed by atoms with E-state index in [-0.39, 0.29) is 17.9 Å². The predicted octanol–water partition coefficient (Wildman–Crippen LogP) is 4.81. The van der Waals surface area contributed by atoms with Crippen LogP contribution in [0, 0.1) is 0 Å². The van der Waals surface area contributed by atoms with Crippen LogP contribution in [0.4, 0.5) is 0 Å². The van der Waals surface area contributed by atoms with Crippen LogP contribution in [0.15, 0.2) is 24.4 Å². The van der Waals surface area contributed by atoms with Crippen LogP contribution in [0.3, 0.4) is 0 Å². The van der Waals surface area contributed by atoms with Gasteiger partial charge >= 0.3 is 0 Å². The first-order valence-electron chi connectivity index (χ1n) is 10.5. The van der Waals surface area contributed by atoms with Gasteiger partial charge in [-0.15, -0.1) is 11.3 Å². The van der Waals surface area contributed by atoms with Crippen LogP contribution >= 0.6 is 22.9 Å². The molecule has 8 heteroatoms. The number of fused-ring (bicyclic) bond motifs is 1. The van der Waals surface area contributed by atoms with Gasteiger partial charge in [-0.25, -0.2) is 9.67 Å². The second-order valence-electron chi connectivity index (χ2n) is 8.44. The van der Waals surface area contributed by atoms with E-state index in [1.165, 1.54) is 4.88 Å². The molecule has 3 aromatic rings. The van der Waals surface area contributed by atoms with Crippen molar-refractivity contribution in [3.05, 3.63) is 44.9 Å². The van der Waals surface area contributed by atoms with Crippen LogP contribution in [0.2, 0.25) is 4.34 Å². The molecule has 160 valence electrons. The highest BCUT2D eigenvalue weighted by atomic mass is 35.5. The maximum absolute atomic E-state index is 13.5. The first kappa shape index (κ1) is 21.3. The van der Waals surface area contributed by atoms with Crippen molar-refractivity contribution in [3.8, 4) is 0 Å². The second-order valence-corrected chi connectivity index (χ2v) is 10.2. The third-order valence-corrected chi connectivity index (χ3v) is 6.78. The summed E-state index contributed by atoms with van der Waals surface area (Å²) in [4.78, 5) is 23.9. The number of thiophene rings is 1. The van der Waals surface area contributed by atoms with E-state index in [9.17, 15) is 4.79 Å². The van der Waals surface area contributed by atoms with Gasteiger partial charge in [0, 0.05) is 49.3 Å². The number of nitrogens with zero attached hydrogens (tertiary/aromatic N) is 5. The number of aromatic nitrogens is 3. The normalized spacial score (nSPS) is 15.6. The first-order chi connectivity index (χ1) is 14.3. The zero-order valence-corrected chi connectivity index (χ0v) is 19.5. The van der Waals surface area contributed by atoms with Gasteiger partial charge in [0.15, 0.2) is 5.65 Å². The van der Waals surface area contributed by atoms with Crippen LogP contribution in [-0.4, -0.2) is 56.7 Å². The molecular weight excluding hydrogens is 418 g/mol. The molecule has 4 rings (SSSR count). The van der Waals surface area contributed by atoms with Gasteiger partial charge in [-0.3, -0.25) is 9.69 Å². The summed E-state index contributed by atoms with van der Waals surface area (Å²) in [6.45, 7) is 12.4. The van der Waals surface area contributed by atoms with E-state index in [0.717, 1.165) is 53.8 Å². The molecule has 0 unspecified atom stereocenters. The van der Waals surface area contributed by atoms with E-state index in [2.05, 4.69) is 43.8 Å². The summed E-state index contributed by atoms with van der Waals surface area (Å²) < 4.78 is 2.73. The Morgan fingerprint density at radius 1 is 1.17 bits per heavy atom. The molecule has 6 nitrogen and oxygen atoms in total. The highest BCUT2D eigenvalue weighted by Crippen LogP contribution is 2.26. The molecule has 1 aliphatic heterocycles. The smallest absolute Gasteiger partial charge is 0.254 e. The zero-order chi connectivity index (χ0) is 21.4. The Balaban J connectivity index is 1.54. The van der Waals surface area contributed by atoms with E-state index >= 15 is 0 Å². The molecular formula is C22H28ClN5OS. The third-order valence-electron chi connectivity index (χ3n) is 5.57. The number of carbonyl (C=O) groups excluding carboxylic acids is 1. The monoisotopic (exact) mass is 445 g/mol. The molecule has 1 fully saturated rings. The average molecular weight is 446 g/mol. The lowest BCUT2D eigenvalue weighted by atomic mass is 10.0. The van der Waals surface area contributed by atoms with Crippen molar-refractivity contribution < 1.29 is 4.79 Å². The van der Waals surface area contributed by atoms with Crippen molar-refractivity contribution in [2.24, 2.45) is 0 Å². The number of pyridine rings is 1. The van der Waals surface area contributed by atoms with Crippen LogP contribution in [-0.2, 0) is 6.54 Å². The summed E-state index contributed by atoms with van der Waals surface area (Å²) in [7, 11) is 0. The fourth-order valence-electron chi connectivity index (χ4n) is 3.82. The average Bonchev–Trinajstić information content (AvgIpc) is 3.33. The largest absolute Gasteiger partial charge is 0.336 e. The van der Waals surface area contributed by atoms with Gasteiger partial charge in [0.25, 0.3) is 5.91 Å². The number of rotatable bonds is 5. The minimum absolute atomic E-state index is 0.0754. The molecule has 3 aromatic heterocycles. The van der Waals surface area contributed by atoms with Crippen molar-refractivity contribution >= 4 is 39.9 Å². The number of halogens is 1. The molecule has 0 spiro atoms. The molecule has 1 aliphatic rings. The highest BCUT2D eigenvalue weighted by Gasteiger charge is 2.26. The standard InChI is InChI=1S/C22H28ClN5OS/c1-14(2)19-11-17(18-12-24-28(15(3)4)21(18)25-19)22(29)27-9-7-26(8-10-27)13-16-5-6-20(23)30-16/h5-6,11-12,14-15H,7-10,13H2,1-4H3. The van der Waals surface area contributed by atoms with Crippen molar-refractivity contribution in [1.82, 2.24) is 24.6 Å². The minimum Gasteiger partial charge on any atom is -0.336 e. The number of amides is 1. The van der Waals surface area contributed by atoms with Crippen molar-refractivity contribution in [1.29, 1.82) is 0 Å². The van der Waals surface area contributed by atoms with E-state index < -0.39 is 0 Å². The molecule has 0 saturated carbocycles. The van der Waals surface area contributed by atoms with Crippen molar-refractivity contribution in [2.45, 2.75) is 46.2 Å². The Morgan fingerprint density at radius 2 is 1.90 bits per heavy atom. The van der Waals surface area contributed by atoms with E-state index in [1.807, 2.05) is 21.7 Å². The van der Waals surface area contributed by atoms with Crippen molar-refractivity contribution in [2.75, 3.05) is 26.2 Å². The molecule has 0 radical (unpaired) electrons. The fraction of sp³-hybridized carbons (Fsp3) is 0.500. The predicted molar refractivity (Wildman–Crippen MR) is 123 cm³/mol. The molecule has 30 heavy (non-hydrogen) atoms. The van der Waals surface area contributed by atoms with E-state index in [0.29, 0.717) is 5.56 Å². The summed E-state index contributed by atoms with van der Waals surface area (Å²) >= 11 is 7.67. The Bertz CT molecular complexity index is 1050. The Labute approximate surface area is 186 Å². The molecule has 4 heterocycles. The second kappa shape index (κ2) is 8.65. The molecule has 0 bridgehead atoms. The summed E-state index contributed by atoms with van der Waals surface area (Å²) in [5.74, 6) is 0.317. The molecule has 0 N–H and O–H groups in total. The van der Waals surface area contributed by atoms with Gasteiger partial charge in [0.2, 0.25) is 0 Å². The SMILES string of the molecule is CC(C)c1cc(C(=O)N2CCN(Cc3ccc(Cl)s3)CC2)c2cnn(C(C)C)c2n1.